The van der Waals surface area contributed by atoms with E-state index in [0.29, 0.717) is 43.9 Å². The number of carbonyl (C=O) groups excluding carboxylic acids is 2. The molecule has 8 heteroatoms. The van der Waals surface area contributed by atoms with Gasteiger partial charge in [0.1, 0.15) is 5.75 Å². The molecule has 0 radical (unpaired) electrons. The number of para-hydroxylation sites is 2. The molecule has 0 bridgehead atoms. The number of hydrogen-bond acceptors (Lipinski definition) is 3. The molecule has 0 fully saturated rings. The maximum absolute atomic E-state index is 14.3. The summed E-state index contributed by atoms with van der Waals surface area (Å²) in [5.74, 6) is 0.0124. The number of carbonyl (C=O) groups is 2. The number of methoxy groups -OCH3 is 1. The molecule has 3 aromatic carbocycles. The zero-order valence-electron chi connectivity index (χ0n) is 20.4. The van der Waals surface area contributed by atoms with Gasteiger partial charge in [-0.05, 0) is 48.4 Å². The first kappa shape index (κ1) is 23.6. The van der Waals surface area contributed by atoms with E-state index >= 15 is 0 Å². The van der Waals surface area contributed by atoms with Crippen LogP contribution < -0.4 is 15.0 Å². The third-order valence-electron chi connectivity index (χ3n) is 7.08. The zero-order chi connectivity index (χ0) is 26.1. The number of fused-ring (bicyclic) bond motifs is 4. The van der Waals surface area contributed by atoms with Crippen molar-refractivity contribution in [1.29, 1.82) is 0 Å². The van der Waals surface area contributed by atoms with Crippen molar-refractivity contribution in [2.24, 2.45) is 0 Å². The summed E-state index contributed by atoms with van der Waals surface area (Å²) < 4.78 is 7.62. The number of hydrogen-bond donors (Lipinski definition) is 1. The predicted molar refractivity (Wildman–Crippen MR) is 146 cm³/mol. The molecule has 4 aromatic rings. The number of ether oxygens (including phenoxy) is 1. The van der Waals surface area contributed by atoms with Gasteiger partial charge < -0.3 is 14.6 Å². The normalized spacial score (nSPS) is 17.9. The molecular weight excluding hydrogens is 509 g/mol. The third-order valence-corrected chi connectivity index (χ3v) is 7.55. The summed E-state index contributed by atoms with van der Waals surface area (Å²) in [6, 6.07) is 19.9. The summed E-state index contributed by atoms with van der Waals surface area (Å²) in [4.78, 5) is 30.0. The number of halogens is 2. The van der Waals surface area contributed by atoms with E-state index in [1.54, 1.807) is 48.4 Å². The Morgan fingerprint density at radius 2 is 1.70 bits per heavy atom. The average molecular weight is 532 g/mol. The summed E-state index contributed by atoms with van der Waals surface area (Å²) in [5.41, 5.74) is 3.06. The highest BCUT2D eigenvalue weighted by molar-refractivity contribution is 6.32. The van der Waals surface area contributed by atoms with Crippen LogP contribution in [-0.4, -0.2) is 23.5 Å². The molecule has 1 atom stereocenters. The molecule has 0 saturated heterocycles. The van der Waals surface area contributed by atoms with E-state index in [9.17, 15) is 9.59 Å². The molecule has 6 rings (SSSR count). The summed E-state index contributed by atoms with van der Waals surface area (Å²) >= 11 is 12.7. The molecule has 2 amide bonds. The zero-order valence-corrected chi connectivity index (χ0v) is 21.9. The number of nitrogens with one attached hydrogen (secondary N) is 1. The Balaban J connectivity index is 1.73. The second-order valence-electron chi connectivity index (χ2n) is 9.47. The van der Waals surface area contributed by atoms with Gasteiger partial charge in [-0.2, -0.15) is 0 Å². The Hall–Kier alpha value is -3.74. The van der Waals surface area contributed by atoms with Gasteiger partial charge in [-0.15, -0.1) is 0 Å². The minimum atomic E-state index is -1.44. The van der Waals surface area contributed by atoms with Crippen LogP contribution in [0.4, 0.5) is 11.4 Å². The first-order valence-electron chi connectivity index (χ1n) is 11.9. The van der Waals surface area contributed by atoms with Gasteiger partial charge in [0.25, 0.3) is 11.8 Å². The van der Waals surface area contributed by atoms with Crippen LogP contribution >= 0.6 is 23.2 Å². The monoisotopic (exact) mass is 531 g/mol. The molecule has 186 valence electrons. The Morgan fingerprint density at radius 1 is 0.946 bits per heavy atom. The fourth-order valence-electron chi connectivity index (χ4n) is 5.71. The van der Waals surface area contributed by atoms with Crippen LogP contribution in [0.1, 0.15) is 46.9 Å². The summed E-state index contributed by atoms with van der Waals surface area (Å²) in [6.07, 6.45) is 1.82. The van der Waals surface area contributed by atoms with E-state index in [2.05, 4.69) is 19.2 Å². The fraction of sp³-hybridized carbons (Fsp3) is 0.172. The second kappa shape index (κ2) is 8.40. The van der Waals surface area contributed by atoms with Crippen molar-refractivity contribution in [1.82, 2.24) is 4.57 Å². The molecule has 6 nitrogen and oxygen atoms in total. The maximum atomic E-state index is 14.3. The van der Waals surface area contributed by atoms with Crippen LogP contribution in [0.2, 0.25) is 10.0 Å². The molecule has 0 aliphatic carbocycles. The van der Waals surface area contributed by atoms with Gasteiger partial charge in [0.05, 0.1) is 18.4 Å². The molecule has 2 aliphatic heterocycles. The average Bonchev–Trinajstić information content (AvgIpc) is 3.48. The minimum Gasteiger partial charge on any atom is -0.495 e. The van der Waals surface area contributed by atoms with Crippen molar-refractivity contribution in [2.75, 3.05) is 17.3 Å². The number of rotatable bonds is 4. The van der Waals surface area contributed by atoms with Gasteiger partial charge in [0.2, 0.25) is 0 Å². The van der Waals surface area contributed by atoms with Crippen molar-refractivity contribution in [3.8, 4) is 11.4 Å². The smallest absolute Gasteiger partial charge is 0.261 e. The Kier molecular flexibility index (Phi) is 5.37. The summed E-state index contributed by atoms with van der Waals surface area (Å²) in [6.45, 7) is 4.11. The quantitative estimate of drug-likeness (QED) is 0.316. The lowest BCUT2D eigenvalue weighted by Gasteiger charge is -2.36. The molecule has 1 aromatic heterocycles. The molecule has 2 aliphatic rings. The van der Waals surface area contributed by atoms with Crippen LogP contribution in [-0.2, 0) is 10.3 Å². The van der Waals surface area contributed by atoms with E-state index in [1.807, 2.05) is 41.1 Å². The van der Waals surface area contributed by atoms with Gasteiger partial charge >= 0.3 is 0 Å². The molecule has 3 heterocycles. The molecular formula is C29H23Cl2N3O3. The van der Waals surface area contributed by atoms with Gasteiger partial charge in [-0.25, -0.2) is 0 Å². The van der Waals surface area contributed by atoms with E-state index in [0.717, 1.165) is 11.4 Å². The number of amides is 2. The van der Waals surface area contributed by atoms with Crippen molar-refractivity contribution in [2.45, 2.75) is 25.3 Å². The van der Waals surface area contributed by atoms with Crippen LogP contribution in [0.15, 0.2) is 72.9 Å². The number of anilines is 2. The minimum absolute atomic E-state index is 0.0400. The van der Waals surface area contributed by atoms with E-state index in [4.69, 9.17) is 27.9 Å². The van der Waals surface area contributed by atoms with Gasteiger partial charge in [0.15, 0.2) is 5.54 Å². The SMILES string of the molecule is COc1ccccc1-n1cc2c(c1C(C)C)C1(C(=O)Nc3cc(Cl)ccc31)N(c1cccc(Cl)c1)C2=O. The van der Waals surface area contributed by atoms with Gasteiger partial charge in [0, 0.05) is 44.4 Å². The second-order valence-corrected chi connectivity index (χ2v) is 10.3. The van der Waals surface area contributed by atoms with Crippen molar-refractivity contribution in [3.63, 3.8) is 0 Å². The molecule has 0 saturated carbocycles. The lowest BCUT2D eigenvalue weighted by atomic mass is 9.81. The van der Waals surface area contributed by atoms with Gasteiger partial charge in [-0.1, -0.05) is 61.3 Å². The van der Waals surface area contributed by atoms with E-state index in [1.165, 1.54) is 0 Å². The van der Waals surface area contributed by atoms with Crippen molar-refractivity contribution in [3.05, 3.63) is 105 Å². The largest absolute Gasteiger partial charge is 0.495 e. The highest BCUT2D eigenvalue weighted by Crippen LogP contribution is 2.56. The number of benzene rings is 3. The molecule has 1 unspecified atom stereocenters. The Labute approximate surface area is 224 Å². The number of nitrogens with zero attached hydrogens (tertiary/aromatic N) is 2. The predicted octanol–water partition coefficient (Wildman–Crippen LogP) is 6.77. The Morgan fingerprint density at radius 3 is 2.43 bits per heavy atom. The molecule has 1 spiro atoms. The van der Waals surface area contributed by atoms with E-state index < -0.39 is 5.54 Å². The summed E-state index contributed by atoms with van der Waals surface area (Å²) in [7, 11) is 1.61. The van der Waals surface area contributed by atoms with Crippen LogP contribution in [0.5, 0.6) is 5.75 Å². The maximum Gasteiger partial charge on any atom is 0.261 e. The lowest BCUT2D eigenvalue weighted by Crippen LogP contribution is -2.50. The standard InChI is InChI=1S/C29H23Cl2N3O3/c1-16(2)26-25-20(15-33(26)23-9-4-5-10-24(23)37-3)27(35)34(19-8-6-7-17(30)13-19)29(25)21-12-11-18(31)14-22(21)32-28(29)36/h4-16H,1-3H3,(H,32,36). The Bertz CT molecular complexity index is 1610. The van der Waals surface area contributed by atoms with Crippen LogP contribution in [0.3, 0.4) is 0 Å². The third kappa shape index (κ3) is 3.19. The lowest BCUT2D eigenvalue weighted by molar-refractivity contribution is -0.119. The first-order chi connectivity index (χ1) is 17.8. The first-order valence-corrected chi connectivity index (χ1v) is 12.6. The molecule has 1 N–H and O–H groups in total. The van der Waals surface area contributed by atoms with Crippen molar-refractivity contribution >= 4 is 46.4 Å². The highest BCUT2D eigenvalue weighted by Gasteiger charge is 2.63. The van der Waals surface area contributed by atoms with Crippen molar-refractivity contribution < 1.29 is 14.3 Å². The topological polar surface area (TPSA) is 63.6 Å². The fourth-order valence-corrected chi connectivity index (χ4v) is 6.07. The summed E-state index contributed by atoms with van der Waals surface area (Å²) in [5, 5.41) is 3.96. The van der Waals surface area contributed by atoms with E-state index in [-0.39, 0.29) is 17.7 Å². The molecule has 37 heavy (non-hydrogen) atoms. The van der Waals surface area contributed by atoms with Gasteiger partial charge in [-0.3, -0.25) is 14.5 Å². The van der Waals surface area contributed by atoms with Crippen LogP contribution in [0, 0.1) is 0 Å². The highest BCUT2D eigenvalue weighted by atomic mass is 35.5. The number of aromatic nitrogens is 1. The van der Waals surface area contributed by atoms with Crippen LogP contribution in [0.25, 0.3) is 5.69 Å².